The van der Waals surface area contributed by atoms with Crippen molar-refractivity contribution >= 4 is 110 Å². The van der Waals surface area contributed by atoms with Gasteiger partial charge in [0.15, 0.2) is 58.9 Å². The molecule has 0 bridgehead atoms. The van der Waals surface area contributed by atoms with Gasteiger partial charge >= 0.3 is 0 Å². The number of hydrogen-bond donors (Lipinski definition) is 0. The fourth-order valence-corrected chi connectivity index (χ4v) is 18.2. The van der Waals surface area contributed by atoms with Crippen LogP contribution in [-0.4, -0.2) is 24.9 Å². The highest BCUT2D eigenvalue weighted by Crippen LogP contribution is 2.44. The molecule has 20 aromatic rings. The van der Waals surface area contributed by atoms with Gasteiger partial charge in [0.05, 0.1) is 27.8 Å². The molecule has 0 radical (unpaired) electrons. The molecule has 0 atom stereocenters. The van der Waals surface area contributed by atoms with Crippen LogP contribution in [0, 0.1) is 82.9 Å². The van der Waals surface area contributed by atoms with Crippen molar-refractivity contribution in [1.82, 2.24) is 24.9 Å². The summed E-state index contributed by atoms with van der Waals surface area (Å²) < 4.78 is 121. The predicted molar refractivity (Wildman–Crippen MR) is 518 cm³/mol. The number of benzene rings is 5. The van der Waals surface area contributed by atoms with Crippen molar-refractivity contribution in [3.05, 3.63) is 296 Å². The molecule has 0 N–H and O–H groups in total. The third kappa shape index (κ3) is 16.3. The van der Waals surface area contributed by atoms with Gasteiger partial charge in [0, 0.05) is 156 Å². The van der Waals surface area contributed by atoms with Gasteiger partial charge in [-0.3, -0.25) is 0 Å². The van der Waals surface area contributed by atoms with Crippen molar-refractivity contribution in [2.75, 3.05) is 0 Å². The van der Waals surface area contributed by atoms with Crippen LogP contribution in [0.4, 0.5) is 0 Å². The molecule has 127 heavy (non-hydrogen) atoms. The summed E-state index contributed by atoms with van der Waals surface area (Å²) in [5.41, 5.74) is 33.4. The van der Waals surface area contributed by atoms with E-state index in [0.717, 1.165) is 160 Å². The Morgan fingerprint density at radius 1 is 0.260 bits per heavy atom. The molecule has 0 unspecified atom stereocenters. The highest BCUT2D eigenvalue weighted by molar-refractivity contribution is 6.13. The Bertz CT molecular complexity index is 8180. The minimum absolute atomic E-state index is 0.0878. The number of rotatable bonds is 10. The minimum Gasteiger partial charge on any atom is -0.437 e. The molecular formula is C112H119N10O5+5. The third-order valence-electron chi connectivity index (χ3n) is 24.8. The zero-order chi connectivity index (χ0) is 98.7. The average Bonchev–Trinajstić information content (AvgIpc) is 1.72. The first-order valence-corrected chi connectivity index (χ1v) is 43.6. The summed E-state index contributed by atoms with van der Waals surface area (Å²) in [5.74, 6) is 0.0765. The third-order valence-corrected chi connectivity index (χ3v) is 24.8. The molecule has 0 aliphatic heterocycles. The number of pyridine rings is 10. The summed E-state index contributed by atoms with van der Waals surface area (Å²) in [6.45, 7) is 32.5. The lowest BCUT2D eigenvalue weighted by Crippen LogP contribution is -2.32. The standard InChI is InChI=1S/2C23H25N2O.3C22H23N2O/c2*1-13(2)19-11-20(25(6)12-15(19)4)21-14(3)7-9-17-18-10-8-16(5)24-23(18)26-22(17)21;3*1-13(2)18-11-19(24(5)12-15(18)4)20-14(3)8-9-16-17-7-6-10-23-22(17)25-21(16)20/h2*7-13H,1-6H3;3*6-13H,1-5H3/q5*+1/i4D3;;4D3,13D;4D3;. The zero-order valence-corrected chi connectivity index (χ0v) is 77.4. The molecule has 15 aromatic heterocycles. The number of aromatic nitrogens is 10. The van der Waals surface area contributed by atoms with Gasteiger partial charge in [-0.25, -0.2) is 47.8 Å². The lowest BCUT2D eigenvalue weighted by Gasteiger charge is -2.12. The molecule has 0 amide bonds. The van der Waals surface area contributed by atoms with Crippen LogP contribution in [0.25, 0.3) is 167 Å². The fraction of sp³-hybridized carbons (Fsp3) is 0.286. The Hall–Kier alpha value is -13.4. The molecule has 0 aliphatic rings. The van der Waals surface area contributed by atoms with Crippen LogP contribution in [0.3, 0.4) is 0 Å². The molecule has 0 spiro atoms. The van der Waals surface area contributed by atoms with Crippen LogP contribution in [0.1, 0.15) is 207 Å². The van der Waals surface area contributed by atoms with Crippen LogP contribution in [0.2, 0.25) is 0 Å². The van der Waals surface area contributed by atoms with Crippen molar-refractivity contribution in [2.24, 2.45) is 35.2 Å². The Morgan fingerprint density at radius 2 is 0.480 bits per heavy atom. The molecule has 642 valence electrons. The van der Waals surface area contributed by atoms with E-state index in [2.05, 4.69) is 189 Å². The fourth-order valence-electron chi connectivity index (χ4n) is 18.2. The molecule has 20 rings (SSSR count). The maximum Gasteiger partial charge on any atom is 0.227 e. The second kappa shape index (κ2) is 34.9. The summed E-state index contributed by atoms with van der Waals surface area (Å²) in [5, 5.41) is 10.3. The van der Waals surface area contributed by atoms with Gasteiger partial charge in [-0.2, -0.15) is 0 Å². The number of nitrogens with zero attached hydrogens (tertiary/aromatic N) is 10. The summed E-state index contributed by atoms with van der Waals surface area (Å²) in [7, 11) is 9.80. The summed E-state index contributed by atoms with van der Waals surface area (Å²) in [4.78, 5) is 22.2. The second-order valence-corrected chi connectivity index (χ2v) is 35.7. The van der Waals surface area contributed by atoms with Crippen LogP contribution in [0.5, 0.6) is 0 Å². The van der Waals surface area contributed by atoms with E-state index in [9.17, 15) is 0 Å². The predicted octanol–water partition coefficient (Wildman–Crippen LogP) is 26.7. The Balaban J connectivity index is 0.000000124. The van der Waals surface area contributed by atoms with Gasteiger partial charge in [0.1, 0.15) is 35.2 Å². The van der Waals surface area contributed by atoms with Crippen molar-refractivity contribution in [3.8, 4) is 56.3 Å². The maximum absolute atomic E-state index is 8.54. The second-order valence-electron chi connectivity index (χ2n) is 35.7. The normalized spacial score (nSPS) is 13.3. The van der Waals surface area contributed by atoms with E-state index in [1.165, 1.54) is 44.8 Å². The van der Waals surface area contributed by atoms with Gasteiger partial charge in [-0.15, -0.1) is 0 Å². The molecule has 15 heteroatoms. The van der Waals surface area contributed by atoms with Crippen LogP contribution < -0.4 is 22.8 Å². The van der Waals surface area contributed by atoms with E-state index >= 15 is 0 Å². The average molecular weight is 1700 g/mol. The topological polar surface area (TPSA) is 150 Å². The first-order valence-electron chi connectivity index (χ1n) is 48.6. The SMILES string of the molecule is Cc1c[n+](C)c(-c2c(C)ccc3c2oc2ncccc23)cc1C(C)C.Cc1ccc2c(n1)oc1c(-c3cc(C(C)C)c(C)c[n+]3C)c(C)ccc12.[2H]C([2H])([2H])c1c[n+](C)c(-c2c(C)ccc3c2oc2nc(C)ccc23)cc1C(C)C.[2H]C([2H])([2H])c1c[n+](C)c(-c2c(C)ccc3c2oc2ncccc23)cc1C(C)C.[2H]C([2H])([2H])c1c[n+](C)c(-c2c(C)ccc3c2oc2ncccc23)cc1C([2H])(C)C. The first-order chi connectivity index (χ1) is 64.6. The summed E-state index contributed by atoms with van der Waals surface area (Å²) in [6, 6.07) is 51.4. The number of hydrogen-bond acceptors (Lipinski definition) is 10. The molecule has 0 saturated heterocycles. The zero-order valence-electron chi connectivity index (χ0n) is 87.4. The van der Waals surface area contributed by atoms with Crippen molar-refractivity contribution in [2.45, 2.75) is 182 Å². The highest BCUT2D eigenvalue weighted by Gasteiger charge is 2.31. The molecule has 0 aliphatic carbocycles. The van der Waals surface area contributed by atoms with Crippen LogP contribution in [-0.2, 0) is 35.2 Å². The van der Waals surface area contributed by atoms with Gasteiger partial charge in [-0.05, 0) is 229 Å². The quantitative estimate of drug-likeness (QED) is 0.121. The van der Waals surface area contributed by atoms with E-state index < -0.39 is 26.4 Å². The van der Waals surface area contributed by atoms with E-state index in [0.29, 0.717) is 62.7 Å². The lowest BCUT2D eigenvalue weighted by molar-refractivity contribution is -0.660. The molecule has 0 fully saturated rings. The maximum atomic E-state index is 8.54. The van der Waals surface area contributed by atoms with Crippen molar-refractivity contribution < 1.29 is 58.6 Å². The number of furan rings is 5. The molecule has 0 saturated carbocycles. The van der Waals surface area contributed by atoms with Crippen LogP contribution >= 0.6 is 0 Å². The largest absolute Gasteiger partial charge is 0.437 e. The summed E-state index contributed by atoms with van der Waals surface area (Å²) >= 11 is 0. The van der Waals surface area contributed by atoms with Gasteiger partial charge in [0.2, 0.25) is 57.0 Å². The van der Waals surface area contributed by atoms with E-state index in [-0.39, 0.29) is 17.4 Å². The van der Waals surface area contributed by atoms with Crippen molar-refractivity contribution in [1.29, 1.82) is 0 Å². The molecule has 15 nitrogen and oxygen atoms in total. The van der Waals surface area contributed by atoms with E-state index in [4.69, 9.17) is 35.8 Å². The van der Waals surface area contributed by atoms with E-state index in [1.54, 1.807) is 55.6 Å². The van der Waals surface area contributed by atoms with Gasteiger partial charge in [-0.1, -0.05) is 130 Å². The van der Waals surface area contributed by atoms with Crippen LogP contribution in [0.15, 0.2) is 223 Å². The smallest absolute Gasteiger partial charge is 0.227 e. The summed E-state index contributed by atoms with van der Waals surface area (Å²) in [6.07, 6.45) is 14.7. The number of fused-ring (bicyclic) bond motifs is 15. The monoisotopic (exact) mass is 1690 g/mol. The van der Waals surface area contributed by atoms with Crippen molar-refractivity contribution in [3.63, 3.8) is 0 Å². The Morgan fingerprint density at radius 3 is 0.732 bits per heavy atom. The Kier molecular flexibility index (Phi) is 20.6. The lowest BCUT2D eigenvalue weighted by atomic mass is 9.94. The highest BCUT2D eigenvalue weighted by atomic mass is 16.4. The molecular weight excluding hydrogens is 1570 g/mol. The number of aryl methyl sites for hydroxylation is 17. The first kappa shape index (κ1) is 75.0. The molecule has 15 heterocycles. The van der Waals surface area contributed by atoms with Gasteiger partial charge in [0.25, 0.3) is 0 Å². The van der Waals surface area contributed by atoms with Gasteiger partial charge < -0.3 is 22.1 Å². The Labute approximate surface area is 759 Å². The van der Waals surface area contributed by atoms with E-state index in [1.807, 2.05) is 171 Å². The molecule has 5 aromatic carbocycles. The minimum atomic E-state index is -2.30.